The number of ether oxygens (including phenoxy) is 1. The smallest absolute Gasteiger partial charge is 0.336 e. The molecule has 8 heteroatoms. The predicted molar refractivity (Wildman–Crippen MR) is 149 cm³/mol. The van der Waals surface area contributed by atoms with Gasteiger partial charge < -0.3 is 15.2 Å². The Balaban J connectivity index is 1.58. The van der Waals surface area contributed by atoms with Gasteiger partial charge >= 0.3 is 11.9 Å². The van der Waals surface area contributed by atoms with E-state index in [-0.39, 0.29) is 12.2 Å². The second-order valence-corrected chi connectivity index (χ2v) is 9.46. The van der Waals surface area contributed by atoms with Gasteiger partial charge in [0.15, 0.2) is 0 Å². The number of hydrogen-bond donors (Lipinski definition) is 2. The molecule has 2 aromatic carbocycles. The summed E-state index contributed by atoms with van der Waals surface area (Å²) >= 11 is 0. The van der Waals surface area contributed by atoms with Crippen LogP contribution < -0.4 is 5.32 Å². The molecule has 0 saturated heterocycles. The summed E-state index contributed by atoms with van der Waals surface area (Å²) in [6, 6.07) is 19.6. The number of aryl methyl sites for hydroxylation is 2. The highest BCUT2D eigenvalue weighted by molar-refractivity contribution is 6.03. The Morgan fingerprint density at radius 3 is 2.46 bits per heavy atom. The van der Waals surface area contributed by atoms with Gasteiger partial charge in [0, 0.05) is 23.5 Å². The zero-order chi connectivity index (χ0) is 27.5. The van der Waals surface area contributed by atoms with Gasteiger partial charge in [-0.2, -0.15) is 0 Å². The minimum Gasteiger partial charge on any atom is -0.478 e. The van der Waals surface area contributed by atoms with Crippen LogP contribution in [0.5, 0.6) is 0 Å². The van der Waals surface area contributed by atoms with Gasteiger partial charge in [-0.05, 0) is 62.9 Å². The fourth-order valence-corrected chi connectivity index (χ4v) is 5.29. The van der Waals surface area contributed by atoms with Crippen LogP contribution in [0, 0.1) is 12.8 Å². The molecule has 0 fully saturated rings. The minimum atomic E-state index is -1.05. The lowest BCUT2D eigenvalue weighted by molar-refractivity contribution is -0.139. The number of imidazole rings is 1. The van der Waals surface area contributed by atoms with Crippen LogP contribution in [0.15, 0.2) is 89.9 Å². The number of nitrogens with one attached hydrogen (secondary N) is 1. The number of esters is 1. The third-order valence-corrected chi connectivity index (χ3v) is 7.01. The number of rotatable bonds is 8. The first-order chi connectivity index (χ1) is 18.9. The molecule has 1 unspecified atom stereocenters. The Kier molecular flexibility index (Phi) is 7.27. The number of pyridine rings is 1. The summed E-state index contributed by atoms with van der Waals surface area (Å²) in [5.74, 6) is -1.37. The zero-order valence-electron chi connectivity index (χ0n) is 22.1. The van der Waals surface area contributed by atoms with E-state index < -0.39 is 17.9 Å². The Hall–Kier alpha value is -4.72. The average Bonchev–Trinajstić information content (AvgIpc) is 3.27. The second-order valence-electron chi connectivity index (χ2n) is 9.46. The Labute approximate surface area is 226 Å². The maximum Gasteiger partial charge on any atom is 0.336 e. The van der Waals surface area contributed by atoms with E-state index in [1.54, 1.807) is 26.2 Å². The molecule has 8 nitrogen and oxygen atoms in total. The predicted octanol–water partition coefficient (Wildman–Crippen LogP) is 5.21. The third-order valence-electron chi connectivity index (χ3n) is 7.01. The van der Waals surface area contributed by atoms with Gasteiger partial charge in [0.1, 0.15) is 11.3 Å². The van der Waals surface area contributed by atoms with Gasteiger partial charge in [0.05, 0.1) is 35.2 Å². The number of carbonyl (C=O) groups excluding carboxylic acids is 1. The van der Waals surface area contributed by atoms with Crippen LogP contribution in [-0.2, 0) is 20.7 Å². The number of allylic oxidation sites excluding steroid dienone is 1. The second kappa shape index (κ2) is 10.9. The number of aromatic nitrogens is 3. The van der Waals surface area contributed by atoms with E-state index in [4.69, 9.17) is 4.74 Å². The number of aliphatic carboxylic acids is 1. The molecule has 39 heavy (non-hydrogen) atoms. The number of hydrogen-bond acceptors (Lipinski definition) is 6. The summed E-state index contributed by atoms with van der Waals surface area (Å²) in [5.41, 5.74) is 6.10. The monoisotopic (exact) mass is 522 g/mol. The highest BCUT2D eigenvalue weighted by Gasteiger charge is 2.37. The van der Waals surface area contributed by atoms with E-state index in [9.17, 15) is 14.7 Å². The van der Waals surface area contributed by atoms with Crippen LogP contribution in [-0.4, -0.2) is 38.2 Å². The number of carboxylic acids is 1. The summed E-state index contributed by atoms with van der Waals surface area (Å²) in [4.78, 5) is 34.5. The number of carbonyl (C=O) groups is 2. The van der Waals surface area contributed by atoms with Crippen LogP contribution >= 0.6 is 0 Å². The number of fused-ring (bicyclic) bond motifs is 1. The highest BCUT2D eigenvalue weighted by atomic mass is 16.5. The first-order valence-electron chi connectivity index (χ1n) is 12.9. The summed E-state index contributed by atoms with van der Waals surface area (Å²) < 4.78 is 7.50. The van der Waals surface area contributed by atoms with Crippen molar-refractivity contribution in [2.24, 2.45) is 5.92 Å². The van der Waals surface area contributed by atoms with Gasteiger partial charge in [0.25, 0.3) is 0 Å². The van der Waals surface area contributed by atoms with Crippen molar-refractivity contribution in [3.63, 3.8) is 0 Å². The minimum absolute atomic E-state index is 0.184. The SMILES string of the molecule is CCOC(=O)C1=C(c2ccc(-n3c(C)nc4cnccc43)cc2)NC(C)=C(C(=O)O)C1CCc1ccccc1. The van der Waals surface area contributed by atoms with E-state index in [1.165, 1.54) is 0 Å². The van der Waals surface area contributed by atoms with Crippen molar-refractivity contribution in [3.05, 3.63) is 107 Å². The molecule has 5 rings (SSSR count). The molecule has 0 amide bonds. The molecule has 3 heterocycles. The van der Waals surface area contributed by atoms with E-state index in [0.717, 1.165) is 33.7 Å². The fourth-order valence-electron chi connectivity index (χ4n) is 5.29. The molecule has 1 atom stereocenters. The highest BCUT2D eigenvalue weighted by Crippen LogP contribution is 2.38. The molecular weight excluding hydrogens is 492 g/mol. The lowest BCUT2D eigenvalue weighted by Gasteiger charge is -2.31. The van der Waals surface area contributed by atoms with Crippen LogP contribution in [0.3, 0.4) is 0 Å². The molecule has 0 aliphatic carbocycles. The summed E-state index contributed by atoms with van der Waals surface area (Å²) in [7, 11) is 0. The summed E-state index contributed by atoms with van der Waals surface area (Å²) in [6.45, 7) is 5.61. The average molecular weight is 523 g/mol. The van der Waals surface area contributed by atoms with Crippen molar-refractivity contribution >= 4 is 28.7 Å². The lowest BCUT2D eigenvalue weighted by atomic mass is 9.80. The van der Waals surface area contributed by atoms with Crippen molar-refractivity contribution in [2.75, 3.05) is 6.61 Å². The molecule has 1 aliphatic rings. The summed E-state index contributed by atoms with van der Waals surface area (Å²) in [5, 5.41) is 13.4. The number of nitrogens with zero attached hydrogens (tertiary/aromatic N) is 3. The van der Waals surface area contributed by atoms with Crippen LogP contribution in [0.4, 0.5) is 0 Å². The summed E-state index contributed by atoms with van der Waals surface area (Å²) in [6.07, 6.45) is 4.54. The van der Waals surface area contributed by atoms with Crippen molar-refractivity contribution in [2.45, 2.75) is 33.6 Å². The topological polar surface area (TPSA) is 106 Å². The normalized spacial score (nSPS) is 15.4. The first kappa shape index (κ1) is 25.9. The van der Waals surface area contributed by atoms with Crippen LogP contribution in [0.1, 0.15) is 37.2 Å². The molecule has 0 bridgehead atoms. The largest absolute Gasteiger partial charge is 0.478 e. The maximum atomic E-state index is 13.4. The molecule has 2 N–H and O–H groups in total. The Bertz CT molecular complexity index is 1600. The quantitative estimate of drug-likeness (QED) is 0.306. The van der Waals surface area contributed by atoms with Crippen LogP contribution in [0.25, 0.3) is 22.4 Å². The molecule has 198 valence electrons. The van der Waals surface area contributed by atoms with E-state index in [0.29, 0.717) is 29.8 Å². The van der Waals surface area contributed by atoms with Gasteiger partial charge in [0.2, 0.25) is 0 Å². The van der Waals surface area contributed by atoms with Gasteiger partial charge in [-0.1, -0.05) is 42.5 Å². The molecule has 0 spiro atoms. The van der Waals surface area contributed by atoms with E-state index >= 15 is 0 Å². The van der Waals surface area contributed by atoms with Crippen molar-refractivity contribution in [3.8, 4) is 5.69 Å². The van der Waals surface area contributed by atoms with Crippen molar-refractivity contribution in [1.82, 2.24) is 19.9 Å². The maximum absolute atomic E-state index is 13.4. The molecular formula is C31H30N4O4. The van der Waals surface area contributed by atoms with Gasteiger partial charge in [-0.25, -0.2) is 14.6 Å². The number of carboxylic acid groups (broad SMARTS) is 1. The first-order valence-corrected chi connectivity index (χ1v) is 12.9. The molecule has 0 saturated carbocycles. The molecule has 1 aliphatic heterocycles. The van der Waals surface area contributed by atoms with Crippen molar-refractivity contribution < 1.29 is 19.4 Å². The lowest BCUT2D eigenvalue weighted by Crippen LogP contribution is -2.33. The molecule has 2 aromatic heterocycles. The fraction of sp³-hybridized carbons (Fsp3) is 0.226. The number of benzene rings is 2. The Morgan fingerprint density at radius 1 is 1.03 bits per heavy atom. The zero-order valence-corrected chi connectivity index (χ0v) is 22.1. The van der Waals surface area contributed by atoms with Crippen LogP contribution in [0.2, 0.25) is 0 Å². The standard InChI is InChI=1S/C31H30N4O4/c1-4-39-31(38)28-24(15-10-21-8-6-5-7-9-21)27(30(36)37)19(2)33-29(28)22-11-13-23(14-12-22)35-20(3)34-25-18-32-17-16-26(25)35/h5-9,11-14,16-18,24,33H,4,10,15H2,1-3H3,(H,36,37). The van der Waals surface area contributed by atoms with E-state index in [1.807, 2.05) is 72.2 Å². The van der Waals surface area contributed by atoms with E-state index in [2.05, 4.69) is 15.3 Å². The van der Waals surface area contributed by atoms with Gasteiger partial charge in [-0.15, -0.1) is 0 Å². The van der Waals surface area contributed by atoms with Gasteiger partial charge in [-0.3, -0.25) is 9.55 Å². The molecule has 0 radical (unpaired) electrons. The number of dihydropyridines is 1. The third kappa shape index (κ3) is 5.05. The molecule has 4 aromatic rings. The van der Waals surface area contributed by atoms with Crippen molar-refractivity contribution in [1.29, 1.82) is 0 Å². The Morgan fingerprint density at radius 2 is 1.77 bits per heavy atom.